The van der Waals surface area contributed by atoms with Crippen LogP contribution in [0.2, 0.25) is 0 Å². The number of hydrogen-bond donors (Lipinski definition) is 4. The van der Waals surface area contributed by atoms with Crippen LogP contribution in [-0.4, -0.2) is 28.2 Å². The summed E-state index contributed by atoms with van der Waals surface area (Å²) in [7, 11) is 0. The summed E-state index contributed by atoms with van der Waals surface area (Å²) in [5.41, 5.74) is 2.82. The van der Waals surface area contributed by atoms with E-state index in [-0.39, 0.29) is 18.0 Å². The van der Waals surface area contributed by atoms with Crippen molar-refractivity contribution < 1.29 is 9.59 Å². The Morgan fingerprint density at radius 3 is 2.54 bits per heavy atom. The molecule has 1 aromatic heterocycles. The highest BCUT2D eigenvalue weighted by Crippen LogP contribution is 2.15. The van der Waals surface area contributed by atoms with E-state index in [1.807, 2.05) is 50.2 Å². The summed E-state index contributed by atoms with van der Waals surface area (Å²) in [5, 5.41) is 16.1. The fourth-order valence-electron chi connectivity index (χ4n) is 2.54. The molecule has 7 nitrogen and oxygen atoms in total. The molecule has 1 heterocycles. The van der Waals surface area contributed by atoms with Gasteiger partial charge in [0.1, 0.15) is 0 Å². The molecule has 3 amide bonds. The van der Waals surface area contributed by atoms with Crippen molar-refractivity contribution in [3.63, 3.8) is 0 Å². The third kappa shape index (κ3) is 4.18. The van der Waals surface area contributed by atoms with E-state index in [0.717, 1.165) is 16.5 Å². The molecule has 0 aliphatic carbocycles. The zero-order valence-electron chi connectivity index (χ0n) is 14.7. The van der Waals surface area contributed by atoms with Crippen LogP contribution in [0.3, 0.4) is 0 Å². The molecule has 0 atom stereocenters. The van der Waals surface area contributed by atoms with Crippen molar-refractivity contribution in [3.05, 3.63) is 59.8 Å². The molecule has 0 aliphatic heterocycles. The first-order valence-electron chi connectivity index (χ1n) is 8.40. The van der Waals surface area contributed by atoms with Crippen molar-refractivity contribution in [3.8, 4) is 0 Å². The van der Waals surface area contributed by atoms with E-state index in [9.17, 15) is 9.59 Å². The van der Waals surface area contributed by atoms with Gasteiger partial charge in [0.15, 0.2) is 5.69 Å². The molecule has 7 heteroatoms. The third-order valence-corrected chi connectivity index (χ3v) is 3.77. The van der Waals surface area contributed by atoms with Gasteiger partial charge in [-0.05, 0) is 37.6 Å². The summed E-state index contributed by atoms with van der Waals surface area (Å²) in [4.78, 5) is 24.0. The van der Waals surface area contributed by atoms with Crippen molar-refractivity contribution >= 4 is 28.5 Å². The van der Waals surface area contributed by atoms with E-state index in [1.54, 1.807) is 12.1 Å². The average molecular weight is 351 g/mol. The number of fused-ring (bicyclic) bond motifs is 1. The number of aromatic nitrogens is 2. The van der Waals surface area contributed by atoms with Crippen LogP contribution in [0.4, 0.5) is 10.5 Å². The van der Waals surface area contributed by atoms with Crippen LogP contribution in [0.25, 0.3) is 10.9 Å². The van der Waals surface area contributed by atoms with E-state index in [2.05, 4.69) is 26.1 Å². The maximum Gasteiger partial charge on any atom is 0.319 e. The lowest BCUT2D eigenvalue weighted by Crippen LogP contribution is -2.34. The number of anilines is 1. The number of nitrogens with zero attached hydrogens (tertiary/aromatic N) is 1. The summed E-state index contributed by atoms with van der Waals surface area (Å²) in [6, 6.07) is 14.6. The number of carbonyl (C=O) groups is 2. The molecule has 0 radical (unpaired) electrons. The minimum atomic E-state index is -0.244. The van der Waals surface area contributed by atoms with Gasteiger partial charge in [-0.3, -0.25) is 9.89 Å². The molecular weight excluding hydrogens is 330 g/mol. The van der Waals surface area contributed by atoms with E-state index < -0.39 is 0 Å². The van der Waals surface area contributed by atoms with Crippen LogP contribution in [0.15, 0.2) is 48.5 Å². The Morgan fingerprint density at radius 1 is 1.08 bits per heavy atom. The first kappa shape index (κ1) is 17.5. The second-order valence-electron chi connectivity index (χ2n) is 6.25. The highest BCUT2D eigenvalue weighted by atomic mass is 16.2. The molecule has 0 bridgehead atoms. The molecule has 4 N–H and O–H groups in total. The Balaban J connectivity index is 1.58. The lowest BCUT2D eigenvalue weighted by molar-refractivity contribution is 0.0947. The number of para-hydroxylation sites is 1. The molecule has 2 aromatic carbocycles. The predicted molar refractivity (Wildman–Crippen MR) is 101 cm³/mol. The molecule has 26 heavy (non-hydrogen) atoms. The van der Waals surface area contributed by atoms with E-state index in [1.165, 1.54) is 0 Å². The van der Waals surface area contributed by atoms with Gasteiger partial charge >= 0.3 is 6.03 Å². The maximum absolute atomic E-state index is 12.3. The SMILES string of the molecule is CC(C)NC(=O)Nc1ccc(CNC(=O)c2n[nH]c3ccccc23)cc1. The Kier molecular flexibility index (Phi) is 5.17. The van der Waals surface area contributed by atoms with Crippen molar-refractivity contribution in [2.75, 3.05) is 5.32 Å². The zero-order valence-corrected chi connectivity index (χ0v) is 14.7. The number of benzene rings is 2. The summed E-state index contributed by atoms with van der Waals surface area (Å²) in [5.74, 6) is -0.235. The van der Waals surface area contributed by atoms with Crippen LogP contribution in [0.5, 0.6) is 0 Å². The number of carbonyl (C=O) groups excluding carboxylic acids is 2. The van der Waals surface area contributed by atoms with Crippen LogP contribution < -0.4 is 16.0 Å². The largest absolute Gasteiger partial charge is 0.347 e. The number of urea groups is 1. The molecule has 134 valence electrons. The molecule has 0 fully saturated rings. The van der Waals surface area contributed by atoms with E-state index in [4.69, 9.17) is 0 Å². The number of amides is 3. The fraction of sp³-hybridized carbons (Fsp3) is 0.211. The number of H-pyrrole nitrogens is 1. The van der Waals surface area contributed by atoms with Gasteiger partial charge in [0, 0.05) is 23.7 Å². The molecule has 3 aromatic rings. The Hall–Kier alpha value is -3.35. The van der Waals surface area contributed by atoms with Crippen molar-refractivity contribution in [1.82, 2.24) is 20.8 Å². The first-order valence-corrected chi connectivity index (χ1v) is 8.40. The summed E-state index contributed by atoms with van der Waals surface area (Å²) < 4.78 is 0. The number of aromatic amines is 1. The number of rotatable bonds is 5. The minimum absolute atomic E-state index is 0.0719. The quantitative estimate of drug-likeness (QED) is 0.568. The Morgan fingerprint density at radius 2 is 1.81 bits per heavy atom. The third-order valence-electron chi connectivity index (χ3n) is 3.77. The van der Waals surface area contributed by atoms with Gasteiger partial charge in [0.2, 0.25) is 0 Å². The minimum Gasteiger partial charge on any atom is -0.347 e. The highest BCUT2D eigenvalue weighted by molar-refractivity contribution is 6.04. The highest BCUT2D eigenvalue weighted by Gasteiger charge is 2.13. The van der Waals surface area contributed by atoms with Crippen molar-refractivity contribution in [2.45, 2.75) is 26.4 Å². The van der Waals surface area contributed by atoms with E-state index in [0.29, 0.717) is 17.9 Å². The molecule has 0 aliphatic rings. The summed E-state index contributed by atoms with van der Waals surface area (Å²) >= 11 is 0. The van der Waals surface area contributed by atoms with E-state index >= 15 is 0 Å². The normalized spacial score (nSPS) is 10.7. The maximum atomic E-state index is 12.3. The lowest BCUT2D eigenvalue weighted by atomic mass is 10.2. The zero-order chi connectivity index (χ0) is 18.5. The summed E-state index contributed by atoms with van der Waals surface area (Å²) in [6.45, 7) is 4.17. The van der Waals surface area contributed by atoms with Crippen molar-refractivity contribution in [1.29, 1.82) is 0 Å². The van der Waals surface area contributed by atoms with Gasteiger partial charge in [0.25, 0.3) is 5.91 Å². The average Bonchev–Trinajstić information content (AvgIpc) is 3.04. The first-order chi connectivity index (χ1) is 12.5. The monoisotopic (exact) mass is 351 g/mol. The predicted octanol–water partition coefficient (Wildman–Crippen LogP) is 3.02. The van der Waals surface area contributed by atoms with Gasteiger partial charge < -0.3 is 16.0 Å². The van der Waals surface area contributed by atoms with Gasteiger partial charge in [0.05, 0.1) is 5.52 Å². The molecular formula is C19H21N5O2. The van der Waals surface area contributed by atoms with Gasteiger partial charge in [-0.25, -0.2) is 4.79 Å². The molecule has 0 saturated carbocycles. The standard InChI is InChI=1S/C19H21N5O2/c1-12(2)21-19(26)22-14-9-7-13(8-10-14)11-20-18(25)17-15-5-3-4-6-16(15)23-24-17/h3-10,12H,11H2,1-2H3,(H,20,25)(H,23,24)(H2,21,22,26). The second kappa shape index (κ2) is 7.69. The van der Waals surface area contributed by atoms with Gasteiger partial charge in [-0.1, -0.05) is 30.3 Å². The topological polar surface area (TPSA) is 98.9 Å². The number of nitrogens with one attached hydrogen (secondary N) is 4. The number of hydrogen-bond acceptors (Lipinski definition) is 3. The molecule has 0 unspecified atom stereocenters. The van der Waals surface area contributed by atoms with Crippen LogP contribution in [-0.2, 0) is 6.54 Å². The van der Waals surface area contributed by atoms with Gasteiger partial charge in [-0.15, -0.1) is 0 Å². The van der Waals surface area contributed by atoms with Crippen LogP contribution in [0, 0.1) is 0 Å². The Labute approximate surface area is 151 Å². The second-order valence-corrected chi connectivity index (χ2v) is 6.25. The Bertz CT molecular complexity index is 915. The van der Waals surface area contributed by atoms with Gasteiger partial charge in [-0.2, -0.15) is 5.10 Å². The molecule has 0 spiro atoms. The van der Waals surface area contributed by atoms with Crippen LogP contribution >= 0.6 is 0 Å². The molecule has 3 rings (SSSR count). The smallest absolute Gasteiger partial charge is 0.319 e. The summed E-state index contributed by atoms with van der Waals surface area (Å²) in [6.07, 6.45) is 0. The molecule has 0 saturated heterocycles. The fourth-order valence-corrected chi connectivity index (χ4v) is 2.54. The lowest BCUT2D eigenvalue weighted by Gasteiger charge is -2.10. The van der Waals surface area contributed by atoms with Crippen molar-refractivity contribution in [2.24, 2.45) is 0 Å². The van der Waals surface area contributed by atoms with Crippen LogP contribution in [0.1, 0.15) is 29.9 Å².